The minimum absolute atomic E-state index is 0.668. The van der Waals surface area contributed by atoms with Gasteiger partial charge in [0.05, 0.1) is 18.8 Å². The fourth-order valence-electron chi connectivity index (χ4n) is 1.88. The average Bonchev–Trinajstić information content (AvgIpc) is 2.73. The van der Waals surface area contributed by atoms with Crippen LogP contribution in [0.5, 0.6) is 0 Å². The van der Waals surface area contributed by atoms with E-state index in [0.717, 1.165) is 29.2 Å². The Hall–Kier alpha value is -1.33. The Morgan fingerprint density at radius 2 is 2.16 bits per heavy atom. The van der Waals surface area contributed by atoms with Crippen LogP contribution in [0, 0.1) is 6.92 Å². The molecule has 1 heterocycles. The van der Waals surface area contributed by atoms with Gasteiger partial charge in [-0.05, 0) is 18.6 Å². The van der Waals surface area contributed by atoms with E-state index < -0.39 is 0 Å². The molecule has 0 amide bonds. The third-order valence-electron chi connectivity index (χ3n) is 2.78. The van der Waals surface area contributed by atoms with Crippen LogP contribution < -0.4 is 5.32 Å². The molecule has 1 aromatic carbocycles. The maximum atomic E-state index is 5.04. The van der Waals surface area contributed by atoms with Crippen molar-refractivity contribution in [1.82, 2.24) is 9.55 Å². The quantitative estimate of drug-likeness (QED) is 0.830. The number of anilines is 1. The smallest absolute Gasteiger partial charge is 0.203 e. The largest absolute Gasteiger partial charge is 0.383 e. The fourth-order valence-corrected chi connectivity index (χ4v) is 2.29. The first-order valence-electron chi connectivity index (χ1n) is 6.20. The number of aromatic nitrogens is 2. The molecule has 0 aliphatic rings. The van der Waals surface area contributed by atoms with Crippen molar-refractivity contribution in [1.29, 1.82) is 0 Å². The Balaban J connectivity index is 2.13. The second-order valence-corrected chi connectivity index (χ2v) is 5.20. The van der Waals surface area contributed by atoms with Crippen LogP contribution in [0.25, 0.3) is 0 Å². The summed E-state index contributed by atoms with van der Waals surface area (Å²) in [7, 11) is 1.69. The summed E-state index contributed by atoms with van der Waals surface area (Å²) in [6.45, 7) is 4.21. The monoisotopic (exact) mass is 323 g/mol. The Labute approximate surface area is 121 Å². The Bertz CT molecular complexity index is 539. The van der Waals surface area contributed by atoms with Crippen LogP contribution in [0.4, 0.5) is 5.95 Å². The molecule has 0 fully saturated rings. The number of rotatable bonds is 6. The number of ether oxygens (including phenoxy) is 1. The van der Waals surface area contributed by atoms with Crippen molar-refractivity contribution in [3.05, 3.63) is 46.2 Å². The van der Waals surface area contributed by atoms with Gasteiger partial charge in [0.1, 0.15) is 0 Å². The summed E-state index contributed by atoms with van der Waals surface area (Å²) in [6, 6.07) is 8.22. The van der Waals surface area contributed by atoms with Crippen molar-refractivity contribution in [3.8, 4) is 0 Å². The molecule has 0 spiro atoms. The lowest BCUT2D eigenvalue weighted by Gasteiger charge is -2.10. The zero-order valence-electron chi connectivity index (χ0n) is 11.2. The molecule has 0 aliphatic heterocycles. The van der Waals surface area contributed by atoms with E-state index in [-0.39, 0.29) is 0 Å². The van der Waals surface area contributed by atoms with Crippen LogP contribution in [0.2, 0.25) is 0 Å². The zero-order valence-corrected chi connectivity index (χ0v) is 12.8. The predicted octanol–water partition coefficient (Wildman–Crippen LogP) is 3.06. The lowest BCUT2D eigenvalue weighted by atomic mass is 10.2. The number of imidazole rings is 1. The average molecular weight is 324 g/mol. The van der Waals surface area contributed by atoms with E-state index in [1.54, 1.807) is 7.11 Å². The fraction of sp³-hybridized carbons (Fsp3) is 0.357. The lowest BCUT2D eigenvalue weighted by Crippen LogP contribution is -2.12. The Morgan fingerprint density at radius 1 is 1.37 bits per heavy atom. The van der Waals surface area contributed by atoms with E-state index in [1.807, 2.05) is 19.1 Å². The molecule has 0 unspecified atom stereocenters. The minimum atomic E-state index is 0.668. The Morgan fingerprint density at radius 3 is 2.89 bits per heavy atom. The number of nitrogens with one attached hydrogen (secondary N) is 1. The van der Waals surface area contributed by atoms with Crippen LogP contribution in [0.15, 0.2) is 34.9 Å². The highest BCUT2D eigenvalue weighted by molar-refractivity contribution is 9.10. The molecule has 0 bridgehead atoms. The van der Waals surface area contributed by atoms with Crippen molar-refractivity contribution in [2.24, 2.45) is 0 Å². The van der Waals surface area contributed by atoms with Gasteiger partial charge in [0.25, 0.3) is 0 Å². The van der Waals surface area contributed by atoms with E-state index in [2.05, 4.69) is 49.1 Å². The van der Waals surface area contributed by atoms with Gasteiger partial charge in [-0.3, -0.25) is 0 Å². The standard InChI is InChI=1S/C14H18BrN3O/c1-11-9-18(14(17-11)16-7-8-19-2)10-12-5-3-4-6-13(12)15/h3-6,9H,7-8,10H2,1-2H3,(H,16,17). The van der Waals surface area contributed by atoms with Gasteiger partial charge >= 0.3 is 0 Å². The lowest BCUT2D eigenvalue weighted by molar-refractivity contribution is 0.210. The van der Waals surface area contributed by atoms with Gasteiger partial charge in [0.2, 0.25) is 5.95 Å². The number of halogens is 1. The van der Waals surface area contributed by atoms with Gasteiger partial charge in [0, 0.05) is 24.3 Å². The Kier molecular flexibility index (Phi) is 4.99. The third kappa shape index (κ3) is 3.81. The van der Waals surface area contributed by atoms with Gasteiger partial charge in [-0.1, -0.05) is 34.1 Å². The van der Waals surface area contributed by atoms with E-state index in [9.17, 15) is 0 Å². The predicted molar refractivity (Wildman–Crippen MR) is 80.6 cm³/mol. The summed E-state index contributed by atoms with van der Waals surface area (Å²) in [4.78, 5) is 4.49. The number of methoxy groups -OCH3 is 1. The van der Waals surface area contributed by atoms with Gasteiger partial charge in [-0.2, -0.15) is 0 Å². The second-order valence-electron chi connectivity index (χ2n) is 4.34. The number of aryl methyl sites for hydroxylation is 1. The van der Waals surface area contributed by atoms with Gasteiger partial charge in [0.15, 0.2) is 0 Å². The van der Waals surface area contributed by atoms with Crippen LogP contribution in [-0.2, 0) is 11.3 Å². The molecule has 19 heavy (non-hydrogen) atoms. The molecular weight excluding hydrogens is 306 g/mol. The highest BCUT2D eigenvalue weighted by Gasteiger charge is 2.07. The summed E-state index contributed by atoms with van der Waals surface area (Å²) in [5, 5.41) is 3.29. The van der Waals surface area contributed by atoms with Gasteiger partial charge in [-0.15, -0.1) is 0 Å². The van der Waals surface area contributed by atoms with Crippen molar-refractivity contribution in [2.75, 3.05) is 25.6 Å². The molecule has 1 N–H and O–H groups in total. The van der Waals surface area contributed by atoms with Crippen molar-refractivity contribution in [3.63, 3.8) is 0 Å². The SMILES string of the molecule is COCCNc1nc(C)cn1Cc1ccccc1Br. The van der Waals surface area contributed by atoms with Gasteiger partial charge in [-0.25, -0.2) is 4.98 Å². The number of nitrogens with zero attached hydrogens (tertiary/aromatic N) is 2. The number of benzene rings is 1. The maximum absolute atomic E-state index is 5.04. The summed E-state index contributed by atoms with van der Waals surface area (Å²) in [5.74, 6) is 0.880. The van der Waals surface area contributed by atoms with Crippen LogP contribution in [0.3, 0.4) is 0 Å². The van der Waals surface area contributed by atoms with Crippen LogP contribution >= 0.6 is 15.9 Å². The molecule has 2 aromatic rings. The molecule has 0 atom stereocenters. The molecule has 0 saturated carbocycles. The van der Waals surface area contributed by atoms with Crippen LogP contribution in [-0.4, -0.2) is 29.8 Å². The van der Waals surface area contributed by atoms with E-state index in [0.29, 0.717) is 6.61 Å². The topological polar surface area (TPSA) is 39.1 Å². The third-order valence-corrected chi connectivity index (χ3v) is 3.56. The number of hydrogen-bond donors (Lipinski definition) is 1. The minimum Gasteiger partial charge on any atom is -0.383 e. The van der Waals surface area contributed by atoms with Crippen molar-refractivity contribution < 1.29 is 4.74 Å². The maximum Gasteiger partial charge on any atom is 0.203 e. The van der Waals surface area contributed by atoms with Crippen LogP contribution in [0.1, 0.15) is 11.3 Å². The van der Waals surface area contributed by atoms with Crippen molar-refractivity contribution >= 4 is 21.9 Å². The summed E-state index contributed by atoms with van der Waals surface area (Å²) >= 11 is 3.57. The van der Waals surface area contributed by atoms with E-state index in [4.69, 9.17) is 4.74 Å². The number of hydrogen-bond acceptors (Lipinski definition) is 3. The van der Waals surface area contributed by atoms with Gasteiger partial charge < -0.3 is 14.6 Å². The normalized spacial score (nSPS) is 10.7. The first-order valence-corrected chi connectivity index (χ1v) is 7.00. The van der Waals surface area contributed by atoms with E-state index >= 15 is 0 Å². The van der Waals surface area contributed by atoms with Crippen molar-refractivity contribution in [2.45, 2.75) is 13.5 Å². The highest BCUT2D eigenvalue weighted by atomic mass is 79.9. The highest BCUT2D eigenvalue weighted by Crippen LogP contribution is 2.19. The molecule has 102 valence electrons. The molecule has 0 aliphatic carbocycles. The summed E-state index contributed by atoms with van der Waals surface area (Å²) < 4.78 is 8.27. The van der Waals surface area contributed by atoms with E-state index in [1.165, 1.54) is 5.56 Å². The second kappa shape index (κ2) is 6.73. The first kappa shape index (κ1) is 14.1. The zero-order chi connectivity index (χ0) is 13.7. The first-order chi connectivity index (χ1) is 9.20. The molecular formula is C14H18BrN3O. The molecule has 1 aromatic heterocycles. The molecule has 0 radical (unpaired) electrons. The molecule has 5 heteroatoms. The summed E-state index contributed by atoms with van der Waals surface area (Å²) in [6.07, 6.45) is 2.05. The summed E-state index contributed by atoms with van der Waals surface area (Å²) in [5.41, 5.74) is 2.24. The molecule has 0 saturated heterocycles. The molecule has 2 rings (SSSR count). The molecule has 4 nitrogen and oxygen atoms in total.